The van der Waals surface area contributed by atoms with Crippen LogP contribution in [-0.4, -0.2) is 43.5 Å². The van der Waals surface area contributed by atoms with Gasteiger partial charge in [0.25, 0.3) is 0 Å². The Labute approximate surface area is 121 Å². The maximum atomic E-state index is 12.5. The van der Waals surface area contributed by atoms with Crippen molar-refractivity contribution in [2.24, 2.45) is 0 Å². The molecule has 1 atom stereocenters. The molecule has 108 valence electrons. The number of halogens is 1. The number of hydrogen-bond donors (Lipinski definition) is 1. The summed E-state index contributed by atoms with van der Waals surface area (Å²) in [5.74, 6) is -1.15. The van der Waals surface area contributed by atoms with Gasteiger partial charge in [-0.05, 0) is 12.1 Å². The average Bonchev–Trinajstić information content (AvgIpc) is 2.88. The van der Waals surface area contributed by atoms with Gasteiger partial charge in [-0.2, -0.15) is 4.31 Å². The zero-order valence-electron chi connectivity index (χ0n) is 10.5. The first-order valence-electron chi connectivity index (χ1n) is 5.63. The molecule has 1 heterocycles. The molecule has 0 bridgehead atoms. The number of methoxy groups -OCH3 is 1. The van der Waals surface area contributed by atoms with E-state index < -0.39 is 22.0 Å². The maximum Gasteiger partial charge on any atom is 0.326 e. The van der Waals surface area contributed by atoms with Crippen LogP contribution in [-0.2, 0) is 14.8 Å². The minimum Gasteiger partial charge on any atom is -0.495 e. The zero-order valence-corrected chi connectivity index (χ0v) is 12.1. The first kappa shape index (κ1) is 14.8. The summed E-state index contributed by atoms with van der Waals surface area (Å²) in [6.07, 6.45) is 2.83. The third-order valence-electron chi connectivity index (χ3n) is 2.88. The Bertz CT molecular complexity index is 670. The van der Waals surface area contributed by atoms with Crippen LogP contribution in [0.5, 0.6) is 5.75 Å². The molecule has 1 unspecified atom stereocenters. The van der Waals surface area contributed by atoms with Crippen LogP contribution < -0.4 is 4.74 Å². The molecule has 0 saturated heterocycles. The molecular formula is C12H12ClNO5S. The molecule has 8 heteroatoms. The molecule has 1 aromatic rings. The summed E-state index contributed by atoms with van der Waals surface area (Å²) in [6.45, 7) is 0.00504. The standard InChI is InChI=1S/C12H12ClNO5S/c1-19-10-7-8(13)4-5-11(10)20(17,18)14-6-2-3-9(14)12(15)16/h2-5,7,9H,6H2,1H3,(H,15,16). The second-order valence-corrected chi connectivity index (χ2v) is 6.38. The normalized spacial score (nSPS) is 19.2. The lowest BCUT2D eigenvalue weighted by Gasteiger charge is -2.22. The van der Waals surface area contributed by atoms with Crippen LogP contribution in [0.25, 0.3) is 0 Å². The summed E-state index contributed by atoms with van der Waals surface area (Å²) in [7, 11) is -2.67. The second-order valence-electron chi connectivity index (χ2n) is 4.08. The Morgan fingerprint density at radius 1 is 1.50 bits per heavy atom. The van der Waals surface area contributed by atoms with Crippen LogP contribution in [0, 0.1) is 0 Å². The van der Waals surface area contributed by atoms with Crippen molar-refractivity contribution in [3.8, 4) is 5.75 Å². The number of carbonyl (C=O) groups is 1. The highest BCUT2D eigenvalue weighted by molar-refractivity contribution is 7.89. The number of nitrogens with zero attached hydrogens (tertiary/aromatic N) is 1. The Morgan fingerprint density at radius 2 is 2.20 bits per heavy atom. The SMILES string of the molecule is COc1cc(Cl)ccc1S(=O)(=O)N1CC=CC1C(=O)O. The molecule has 1 aromatic carbocycles. The van der Waals surface area contributed by atoms with Crippen LogP contribution in [0.3, 0.4) is 0 Å². The van der Waals surface area contributed by atoms with Gasteiger partial charge >= 0.3 is 5.97 Å². The fourth-order valence-electron chi connectivity index (χ4n) is 1.94. The molecule has 20 heavy (non-hydrogen) atoms. The van der Waals surface area contributed by atoms with E-state index >= 15 is 0 Å². The zero-order chi connectivity index (χ0) is 14.9. The lowest BCUT2D eigenvalue weighted by molar-refractivity contribution is -0.139. The Balaban J connectivity index is 2.48. The Morgan fingerprint density at radius 3 is 2.80 bits per heavy atom. The van der Waals surface area contributed by atoms with Gasteiger partial charge in [0.2, 0.25) is 10.0 Å². The number of aliphatic carboxylic acids is 1. The molecule has 2 rings (SSSR count). The molecule has 0 fully saturated rings. The van der Waals surface area contributed by atoms with Gasteiger partial charge in [0.1, 0.15) is 16.7 Å². The van der Waals surface area contributed by atoms with E-state index in [1.165, 1.54) is 37.5 Å². The molecule has 0 amide bonds. The van der Waals surface area contributed by atoms with Crippen LogP contribution in [0.4, 0.5) is 0 Å². The minimum absolute atomic E-state index is 0.00504. The molecular weight excluding hydrogens is 306 g/mol. The molecule has 0 radical (unpaired) electrons. The fourth-order valence-corrected chi connectivity index (χ4v) is 3.73. The monoisotopic (exact) mass is 317 g/mol. The molecule has 1 aliphatic rings. The molecule has 1 aliphatic heterocycles. The molecule has 0 saturated carbocycles. The van der Waals surface area contributed by atoms with Gasteiger partial charge in [-0.3, -0.25) is 4.79 Å². The van der Waals surface area contributed by atoms with Crippen molar-refractivity contribution in [2.45, 2.75) is 10.9 Å². The molecule has 0 aromatic heterocycles. The highest BCUT2D eigenvalue weighted by Crippen LogP contribution is 2.31. The predicted molar refractivity (Wildman–Crippen MR) is 72.5 cm³/mol. The topological polar surface area (TPSA) is 83.9 Å². The summed E-state index contributed by atoms with van der Waals surface area (Å²) in [5, 5.41) is 9.38. The third-order valence-corrected chi connectivity index (χ3v) is 5.00. The fraction of sp³-hybridized carbons (Fsp3) is 0.250. The van der Waals surface area contributed by atoms with E-state index in [9.17, 15) is 13.2 Å². The lowest BCUT2D eigenvalue weighted by atomic mass is 10.3. The van der Waals surface area contributed by atoms with E-state index in [0.29, 0.717) is 5.02 Å². The highest BCUT2D eigenvalue weighted by atomic mass is 35.5. The third kappa shape index (κ3) is 2.52. The maximum absolute atomic E-state index is 12.5. The van der Waals surface area contributed by atoms with Gasteiger partial charge in [-0.1, -0.05) is 23.8 Å². The van der Waals surface area contributed by atoms with E-state index in [1.54, 1.807) is 0 Å². The van der Waals surface area contributed by atoms with Gasteiger partial charge in [-0.25, -0.2) is 8.42 Å². The number of ether oxygens (including phenoxy) is 1. The molecule has 1 N–H and O–H groups in total. The number of benzene rings is 1. The summed E-state index contributed by atoms with van der Waals surface area (Å²) in [4.78, 5) is 11.0. The second kappa shape index (κ2) is 5.43. The molecule has 0 aliphatic carbocycles. The van der Waals surface area contributed by atoms with Gasteiger partial charge in [0.15, 0.2) is 0 Å². The predicted octanol–water partition coefficient (Wildman–Crippen LogP) is 1.36. The number of carboxylic acids is 1. The van der Waals surface area contributed by atoms with Crippen molar-refractivity contribution in [3.05, 3.63) is 35.4 Å². The Hall–Kier alpha value is -1.57. The summed E-state index contributed by atoms with van der Waals surface area (Å²) in [5.41, 5.74) is 0. The first-order valence-corrected chi connectivity index (χ1v) is 7.44. The smallest absolute Gasteiger partial charge is 0.326 e. The van der Waals surface area contributed by atoms with Gasteiger partial charge in [0.05, 0.1) is 7.11 Å². The van der Waals surface area contributed by atoms with Crippen LogP contribution >= 0.6 is 11.6 Å². The quantitative estimate of drug-likeness (QED) is 0.848. The van der Waals surface area contributed by atoms with E-state index in [4.69, 9.17) is 21.4 Å². The molecule has 0 spiro atoms. The number of rotatable bonds is 4. The molecule has 6 nitrogen and oxygen atoms in total. The van der Waals surface area contributed by atoms with Gasteiger partial charge in [0, 0.05) is 17.6 Å². The van der Waals surface area contributed by atoms with Crippen molar-refractivity contribution >= 4 is 27.6 Å². The van der Waals surface area contributed by atoms with Crippen molar-refractivity contribution in [3.63, 3.8) is 0 Å². The largest absolute Gasteiger partial charge is 0.495 e. The number of sulfonamides is 1. The summed E-state index contributed by atoms with van der Waals surface area (Å²) in [6, 6.07) is 2.87. The van der Waals surface area contributed by atoms with E-state index in [0.717, 1.165) is 4.31 Å². The van der Waals surface area contributed by atoms with Crippen molar-refractivity contribution in [2.75, 3.05) is 13.7 Å². The lowest BCUT2D eigenvalue weighted by Crippen LogP contribution is -2.40. The van der Waals surface area contributed by atoms with E-state index in [2.05, 4.69) is 0 Å². The van der Waals surface area contributed by atoms with Crippen molar-refractivity contribution in [1.29, 1.82) is 0 Å². The van der Waals surface area contributed by atoms with Gasteiger partial charge < -0.3 is 9.84 Å². The van der Waals surface area contributed by atoms with Crippen LogP contribution in [0.2, 0.25) is 5.02 Å². The summed E-state index contributed by atoms with van der Waals surface area (Å²) >= 11 is 5.79. The van der Waals surface area contributed by atoms with Crippen molar-refractivity contribution in [1.82, 2.24) is 4.31 Å². The Kier molecular flexibility index (Phi) is 4.03. The highest BCUT2D eigenvalue weighted by Gasteiger charge is 2.37. The summed E-state index contributed by atoms with van der Waals surface area (Å²) < 4.78 is 31.0. The van der Waals surface area contributed by atoms with Gasteiger partial charge in [-0.15, -0.1) is 0 Å². The number of hydrogen-bond acceptors (Lipinski definition) is 4. The van der Waals surface area contributed by atoms with Crippen molar-refractivity contribution < 1.29 is 23.1 Å². The average molecular weight is 318 g/mol. The number of carboxylic acid groups (broad SMARTS) is 1. The minimum atomic E-state index is -3.99. The van der Waals surface area contributed by atoms with E-state index in [1.807, 2.05) is 0 Å². The van der Waals surface area contributed by atoms with E-state index in [-0.39, 0.29) is 17.2 Å². The first-order chi connectivity index (χ1) is 9.37. The van der Waals surface area contributed by atoms with Crippen LogP contribution in [0.15, 0.2) is 35.2 Å². The van der Waals surface area contributed by atoms with Crippen LogP contribution in [0.1, 0.15) is 0 Å².